The monoisotopic (exact) mass is 361 g/mol. The van der Waals surface area contributed by atoms with Crippen molar-refractivity contribution in [3.63, 3.8) is 0 Å². The summed E-state index contributed by atoms with van der Waals surface area (Å²) >= 11 is 0. The van der Waals surface area contributed by atoms with Crippen LogP contribution in [0.5, 0.6) is 11.5 Å². The smallest absolute Gasteiger partial charge is 0.174 e. The van der Waals surface area contributed by atoms with Crippen molar-refractivity contribution in [2.45, 2.75) is 49.8 Å². The molecule has 2 aromatic rings. The van der Waals surface area contributed by atoms with Gasteiger partial charge in [-0.3, -0.25) is 9.69 Å². The van der Waals surface area contributed by atoms with Gasteiger partial charge in [0.2, 0.25) is 0 Å². The lowest BCUT2D eigenvalue weighted by atomic mass is 9.51. The molecule has 2 fully saturated rings. The SMILES string of the molecule is O=C1CCC2C3Cc4ccc(O)c5c4[C@@]2(CCN3Cc2ccccc2)[C@H]1O5. The molecule has 1 saturated heterocycles. The highest BCUT2D eigenvalue weighted by Gasteiger charge is 2.65. The number of ketones is 1. The Morgan fingerprint density at radius 1 is 1.19 bits per heavy atom. The van der Waals surface area contributed by atoms with Crippen molar-refractivity contribution in [2.75, 3.05) is 6.54 Å². The van der Waals surface area contributed by atoms with Crippen LogP contribution in [0.1, 0.15) is 36.0 Å². The van der Waals surface area contributed by atoms with Gasteiger partial charge in [-0.2, -0.15) is 0 Å². The molecule has 0 amide bonds. The number of carbonyl (C=O) groups is 1. The topological polar surface area (TPSA) is 49.8 Å². The van der Waals surface area contributed by atoms with Gasteiger partial charge < -0.3 is 9.84 Å². The van der Waals surface area contributed by atoms with E-state index in [4.69, 9.17) is 4.74 Å². The third-order valence-corrected chi connectivity index (χ3v) is 7.45. The zero-order valence-corrected chi connectivity index (χ0v) is 15.2. The summed E-state index contributed by atoms with van der Waals surface area (Å²) in [6.07, 6.45) is 3.03. The van der Waals surface area contributed by atoms with Crippen molar-refractivity contribution >= 4 is 5.78 Å². The van der Waals surface area contributed by atoms with Gasteiger partial charge in [-0.1, -0.05) is 36.4 Å². The molecule has 0 radical (unpaired) electrons. The largest absolute Gasteiger partial charge is 0.504 e. The van der Waals surface area contributed by atoms with E-state index in [2.05, 4.69) is 41.3 Å². The van der Waals surface area contributed by atoms with Gasteiger partial charge in [0.05, 0.1) is 0 Å². The van der Waals surface area contributed by atoms with E-state index in [1.54, 1.807) is 6.07 Å². The molecule has 138 valence electrons. The van der Waals surface area contributed by atoms with Gasteiger partial charge in [-0.25, -0.2) is 0 Å². The maximum absolute atomic E-state index is 12.8. The van der Waals surface area contributed by atoms with E-state index in [1.165, 1.54) is 11.1 Å². The summed E-state index contributed by atoms with van der Waals surface area (Å²) < 4.78 is 6.16. The molecule has 1 spiro atoms. The van der Waals surface area contributed by atoms with Crippen LogP contribution >= 0.6 is 0 Å². The van der Waals surface area contributed by atoms with Gasteiger partial charge >= 0.3 is 0 Å². The second-order valence-electron chi connectivity index (χ2n) is 8.58. The molecule has 4 nitrogen and oxygen atoms in total. The fraction of sp³-hybridized carbons (Fsp3) is 0.435. The van der Waals surface area contributed by atoms with Crippen molar-refractivity contribution in [2.24, 2.45) is 5.92 Å². The van der Waals surface area contributed by atoms with Gasteiger partial charge in [-0.05, 0) is 48.9 Å². The Bertz CT molecular complexity index is 940. The van der Waals surface area contributed by atoms with E-state index < -0.39 is 6.10 Å². The summed E-state index contributed by atoms with van der Waals surface area (Å²) in [5.74, 6) is 1.42. The number of hydrogen-bond acceptors (Lipinski definition) is 4. The Morgan fingerprint density at radius 2 is 2.04 bits per heavy atom. The van der Waals surface area contributed by atoms with Crippen LogP contribution in [-0.4, -0.2) is 34.5 Å². The lowest BCUT2D eigenvalue weighted by Crippen LogP contribution is -2.65. The number of carbonyl (C=O) groups excluding carboxylic acids is 1. The molecule has 4 heteroatoms. The van der Waals surface area contributed by atoms with Crippen LogP contribution in [0.2, 0.25) is 0 Å². The Labute approximate surface area is 158 Å². The second kappa shape index (κ2) is 5.35. The van der Waals surface area contributed by atoms with Gasteiger partial charge in [-0.15, -0.1) is 0 Å². The molecule has 0 aromatic heterocycles. The van der Waals surface area contributed by atoms with E-state index in [0.717, 1.165) is 37.9 Å². The van der Waals surface area contributed by atoms with Crippen molar-refractivity contribution in [1.29, 1.82) is 0 Å². The number of nitrogens with zero attached hydrogens (tertiary/aromatic N) is 1. The molecule has 4 aliphatic rings. The summed E-state index contributed by atoms with van der Waals surface area (Å²) in [6, 6.07) is 14.9. The molecule has 1 saturated carbocycles. The van der Waals surface area contributed by atoms with Gasteiger partial charge in [0.15, 0.2) is 23.4 Å². The highest BCUT2D eigenvalue weighted by molar-refractivity contribution is 5.89. The van der Waals surface area contributed by atoms with Gasteiger partial charge in [0, 0.05) is 30.0 Å². The molecule has 1 N–H and O–H groups in total. The van der Waals surface area contributed by atoms with Crippen LogP contribution < -0.4 is 4.74 Å². The van der Waals surface area contributed by atoms with Crippen LogP contribution in [0.15, 0.2) is 42.5 Å². The maximum Gasteiger partial charge on any atom is 0.174 e. The number of aromatic hydroxyl groups is 1. The summed E-state index contributed by atoms with van der Waals surface area (Å²) in [4.78, 5) is 15.4. The Hall–Kier alpha value is -2.33. The average Bonchev–Trinajstić information content (AvgIpc) is 3.04. The van der Waals surface area contributed by atoms with Crippen molar-refractivity contribution in [1.82, 2.24) is 4.90 Å². The first-order valence-electron chi connectivity index (χ1n) is 10.0. The van der Waals surface area contributed by atoms with E-state index >= 15 is 0 Å². The van der Waals surface area contributed by atoms with Crippen LogP contribution in [0.4, 0.5) is 0 Å². The summed E-state index contributed by atoms with van der Waals surface area (Å²) in [5, 5.41) is 10.4. The molecule has 2 unspecified atom stereocenters. The molecule has 27 heavy (non-hydrogen) atoms. The molecule has 2 bridgehead atoms. The first kappa shape index (κ1) is 15.7. The number of ether oxygens (including phenoxy) is 1. The van der Waals surface area contributed by atoms with Gasteiger partial charge in [0.25, 0.3) is 0 Å². The van der Waals surface area contributed by atoms with E-state index in [-0.39, 0.29) is 16.9 Å². The normalized spacial score (nSPS) is 33.5. The predicted molar refractivity (Wildman–Crippen MR) is 101 cm³/mol. The van der Waals surface area contributed by atoms with Crippen molar-refractivity contribution in [3.8, 4) is 11.5 Å². The standard InChI is InChI=1S/C23H23NO3/c25-18-8-6-15-12-17-16-7-9-19(26)22-23(16,20(15)21(18)27-22)10-11-24(17)13-14-4-2-1-3-5-14/h1-6,8,16-17,22,25H,7,9-13H2/t16?,17?,22-,23-/m0/s1. The average molecular weight is 361 g/mol. The number of Topliss-reactive ketones (excluding diaryl/α,β-unsaturated/α-hetero) is 1. The third kappa shape index (κ3) is 1.94. The molecule has 2 aromatic carbocycles. The highest BCUT2D eigenvalue weighted by atomic mass is 16.5. The zero-order valence-electron chi connectivity index (χ0n) is 15.2. The quantitative estimate of drug-likeness (QED) is 0.892. The number of piperidine rings is 1. The summed E-state index contributed by atoms with van der Waals surface area (Å²) in [5.41, 5.74) is 3.53. The fourth-order valence-corrected chi connectivity index (χ4v) is 6.42. The predicted octanol–water partition coefficient (Wildman–Crippen LogP) is 3.20. The molecule has 2 aliphatic carbocycles. The molecule has 4 atom stereocenters. The summed E-state index contributed by atoms with van der Waals surface area (Å²) in [7, 11) is 0. The Kier molecular flexibility index (Phi) is 3.11. The minimum absolute atomic E-state index is 0.189. The van der Waals surface area contributed by atoms with Crippen LogP contribution in [0.3, 0.4) is 0 Å². The van der Waals surface area contributed by atoms with Crippen LogP contribution in [-0.2, 0) is 23.2 Å². The Morgan fingerprint density at radius 3 is 2.89 bits per heavy atom. The van der Waals surface area contributed by atoms with E-state index in [9.17, 15) is 9.90 Å². The molecule has 2 aliphatic heterocycles. The maximum atomic E-state index is 12.8. The molecular formula is C23H23NO3. The van der Waals surface area contributed by atoms with Gasteiger partial charge in [0.1, 0.15) is 0 Å². The van der Waals surface area contributed by atoms with Crippen LogP contribution in [0, 0.1) is 5.92 Å². The lowest BCUT2D eigenvalue weighted by Gasteiger charge is -2.57. The van der Waals surface area contributed by atoms with Crippen LogP contribution in [0.25, 0.3) is 0 Å². The van der Waals surface area contributed by atoms with E-state index in [0.29, 0.717) is 24.1 Å². The number of phenolic OH excluding ortho intramolecular Hbond substituents is 1. The molecular weight excluding hydrogens is 338 g/mol. The highest BCUT2D eigenvalue weighted by Crippen LogP contribution is 2.63. The number of hydrogen-bond donors (Lipinski definition) is 1. The number of rotatable bonds is 2. The third-order valence-electron chi connectivity index (χ3n) is 7.45. The summed E-state index contributed by atoms with van der Waals surface area (Å²) in [6.45, 7) is 1.93. The number of benzene rings is 2. The van der Waals surface area contributed by atoms with Crippen molar-refractivity contribution in [3.05, 3.63) is 59.2 Å². The lowest BCUT2D eigenvalue weighted by molar-refractivity contribution is -0.139. The minimum Gasteiger partial charge on any atom is -0.504 e. The number of likely N-dealkylation sites (tertiary alicyclic amines) is 1. The first-order valence-corrected chi connectivity index (χ1v) is 10.0. The first-order chi connectivity index (χ1) is 13.2. The number of phenols is 1. The zero-order chi connectivity index (χ0) is 18.2. The minimum atomic E-state index is -0.403. The van der Waals surface area contributed by atoms with Crippen molar-refractivity contribution < 1.29 is 14.6 Å². The Balaban J connectivity index is 1.47. The molecule has 2 heterocycles. The van der Waals surface area contributed by atoms with E-state index in [1.807, 2.05) is 0 Å². The second-order valence-corrected chi connectivity index (χ2v) is 8.58. The fourth-order valence-electron chi connectivity index (χ4n) is 6.42. The molecule has 6 rings (SSSR count).